The molecule has 0 radical (unpaired) electrons. The highest BCUT2D eigenvalue weighted by atomic mass is 32.2. The second kappa shape index (κ2) is 9.58. The lowest BCUT2D eigenvalue weighted by Gasteiger charge is -2.04. The molecule has 0 atom stereocenters. The maximum absolute atomic E-state index is 10.9. The van der Waals surface area contributed by atoms with Crippen molar-refractivity contribution in [2.75, 3.05) is 12.9 Å². The Morgan fingerprint density at radius 3 is 2.60 bits per heavy atom. The third kappa shape index (κ3) is 5.77. The molecule has 0 N–H and O–H groups in total. The monoisotopic (exact) mass is 298 g/mol. The van der Waals surface area contributed by atoms with Crippen LogP contribution in [-0.4, -0.2) is 22.8 Å². The summed E-state index contributed by atoms with van der Waals surface area (Å²) in [7, 11) is 1.51. The Balaban J connectivity index is 2.43. The molecule has 0 aliphatic carbocycles. The summed E-state index contributed by atoms with van der Waals surface area (Å²) in [6.45, 7) is 2.20. The first kappa shape index (κ1) is 16.8. The number of hydrogen-bond acceptors (Lipinski definition) is 5. The molecule has 5 nitrogen and oxygen atoms in total. The van der Waals surface area contributed by atoms with Crippen molar-refractivity contribution in [2.45, 2.75) is 50.5 Å². The second-order valence-corrected chi connectivity index (χ2v) is 5.63. The minimum absolute atomic E-state index is 0.0572. The van der Waals surface area contributed by atoms with Gasteiger partial charge in [0.05, 0.1) is 12.0 Å². The van der Waals surface area contributed by atoms with Crippen LogP contribution in [0, 0.1) is 10.1 Å². The van der Waals surface area contributed by atoms with Crippen LogP contribution in [0.1, 0.15) is 45.4 Å². The van der Waals surface area contributed by atoms with Crippen molar-refractivity contribution >= 4 is 17.4 Å². The predicted molar refractivity (Wildman–Crippen MR) is 81.5 cm³/mol. The molecule has 0 spiro atoms. The molecule has 0 saturated carbocycles. The van der Waals surface area contributed by atoms with Crippen LogP contribution in [0.3, 0.4) is 0 Å². The molecule has 0 amide bonds. The van der Waals surface area contributed by atoms with E-state index in [0.717, 1.165) is 12.2 Å². The van der Waals surface area contributed by atoms with Crippen molar-refractivity contribution < 1.29 is 9.66 Å². The van der Waals surface area contributed by atoms with Crippen LogP contribution in [-0.2, 0) is 0 Å². The second-order valence-electron chi connectivity index (χ2n) is 4.55. The van der Waals surface area contributed by atoms with Crippen LogP contribution in [0.2, 0.25) is 0 Å². The molecule has 1 aromatic rings. The van der Waals surface area contributed by atoms with Gasteiger partial charge in [-0.25, -0.2) is 0 Å². The topological polar surface area (TPSA) is 65.3 Å². The van der Waals surface area contributed by atoms with Gasteiger partial charge in [0.25, 0.3) is 0 Å². The molecule has 0 aliphatic rings. The normalized spacial score (nSPS) is 10.5. The highest BCUT2D eigenvalue weighted by Gasteiger charge is 2.16. The zero-order valence-corrected chi connectivity index (χ0v) is 12.9. The summed E-state index contributed by atoms with van der Waals surface area (Å²) in [5, 5.41) is 11.4. The van der Waals surface area contributed by atoms with Gasteiger partial charge in [-0.15, -0.1) is 0 Å². The average Bonchev–Trinajstić information content (AvgIpc) is 2.45. The minimum Gasteiger partial charge on any atom is -0.481 e. The third-order valence-electron chi connectivity index (χ3n) is 2.96. The fraction of sp³-hybridized carbons (Fsp3) is 0.643. The number of rotatable bonds is 10. The van der Waals surface area contributed by atoms with Gasteiger partial charge in [0.15, 0.2) is 5.03 Å². The zero-order valence-electron chi connectivity index (χ0n) is 12.1. The molecule has 20 heavy (non-hydrogen) atoms. The maximum Gasteiger partial charge on any atom is 0.301 e. The highest BCUT2D eigenvalue weighted by molar-refractivity contribution is 7.99. The molecule has 0 saturated heterocycles. The Labute approximate surface area is 124 Å². The predicted octanol–water partition coefficient (Wildman–Crippen LogP) is 4.45. The van der Waals surface area contributed by atoms with E-state index >= 15 is 0 Å². The fourth-order valence-electron chi connectivity index (χ4n) is 1.83. The molecule has 0 aliphatic heterocycles. The number of pyridine rings is 1. The van der Waals surface area contributed by atoms with E-state index in [1.54, 1.807) is 0 Å². The van der Waals surface area contributed by atoms with Crippen molar-refractivity contribution in [1.29, 1.82) is 0 Å². The molecule has 0 bridgehead atoms. The van der Waals surface area contributed by atoms with E-state index in [-0.39, 0.29) is 5.69 Å². The van der Waals surface area contributed by atoms with Gasteiger partial charge in [-0.1, -0.05) is 50.8 Å². The number of hydrogen-bond donors (Lipinski definition) is 0. The Morgan fingerprint density at radius 1 is 1.25 bits per heavy atom. The summed E-state index contributed by atoms with van der Waals surface area (Å²) < 4.78 is 5.01. The molecule has 0 unspecified atom stereocenters. The van der Waals surface area contributed by atoms with E-state index in [1.165, 1.54) is 63.1 Å². The molecule has 0 aromatic carbocycles. The average molecular weight is 298 g/mol. The van der Waals surface area contributed by atoms with Gasteiger partial charge in [-0.2, -0.15) is 4.98 Å². The number of methoxy groups -OCH3 is 1. The Bertz CT molecular complexity index is 427. The first-order chi connectivity index (χ1) is 9.69. The lowest BCUT2D eigenvalue weighted by atomic mass is 10.1. The summed E-state index contributed by atoms with van der Waals surface area (Å²) >= 11 is 1.44. The molecule has 1 rings (SSSR count). The van der Waals surface area contributed by atoms with Gasteiger partial charge < -0.3 is 4.74 Å². The minimum atomic E-state index is -0.393. The highest BCUT2D eigenvalue weighted by Crippen LogP contribution is 2.30. The Kier molecular flexibility index (Phi) is 8.02. The van der Waals surface area contributed by atoms with Crippen molar-refractivity contribution in [3.05, 3.63) is 22.2 Å². The largest absolute Gasteiger partial charge is 0.481 e. The molecule has 1 heterocycles. The third-order valence-corrected chi connectivity index (χ3v) is 4.02. The number of nitrogens with zero attached hydrogens (tertiary/aromatic N) is 2. The quantitative estimate of drug-likeness (QED) is 0.276. The first-order valence-corrected chi connectivity index (χ1v) is 7.99. The number of unbranched alkanes of at least 4 members (excludes halogenated alkanes) is 5. The number of thioether (sulfide) groups is 1. The molecular formula is C14H22N2O3S. The van der Waals surface area contributed by atoms with E-state index in [9.17, 15) is 10.1 Å². The molecular weight excluding hydrogens is 276 g/mol. The lowest BCUT2D eigenvalue weighted by molar-refractivity contribution is -0.388. The molecule has 6 heteroatoms. The van der Waals surface area contributed by atoms with Gasteiger partial charge in [0, 0.05) is 12.1 Å². The van der Waals surface area contributed by atoms with Crippen LogP contribution < -0.4 is 4.74 Å². The Hall–Kier alpha value is -1.30. The number of nitro groups is 1. The summed E-state index contributed by atoms with van der Waals surface area (Å²) in [6, 6.07) is 2.97. The first-order valence-electron chi connectivity index (χ1n) is 7.01. The summed E-state index contributed by atoms with van der Waals surface area (Å²) in [5.74, 6) is 1.27. The lowest BCUT2D eigenvalue weighted by Crippen LogP contribution is -1.96. The maximum atomic E-state index is 10.9. The van der Waals surface area contributed by atoms with Gasteiger partial charge in [0.1, 0.15) is 0 Å². The van der Waals surface area contributed by atoms with Gasteiger partial charge >= 0.3 is 5.69 Å². The van der Waals surface area contributed by atoms with Crippen LogP contribution in [0.4, 0.5) is 5.69 Å². The van der Waals surface area contributed by atoms with Gasteiger partial charge in [-0.3, -0.25) is 10.1 Å². The van der Waals surface area contributed by atoms with Crippen molar-refractivity contribution in [3.8, 4) is 5.88 Å². The number of ether oxygens (including phenoxy) is 1. The smallest absolute Gasteiger partial charge is 0.301 e. The van der Waals surface area contributed by atoms with Crippen molar-refractivity contribution in [2.24, 2.45) is 0 Å². The fourth-order valence-corrected chi connectivity index (χ4v) is 2.81. The Morgan fingerprint density at radius 2 is 1.95 bits per heavy atom. The van der Waals surface area contributed by atoms with Crippen LogP contribution in [0.5, 0.6) is 5.88 Å². The standard InChI is InChI=1S/C14H22N2O3S/c1-3-4-5-6-7-8-11-20-14-12(16(17)18)9-10-13(15-14)19-2/h9-10H,3-8,11H2,1-2H3. The van der Waals surface area contributed by atoms with Crippen molar-refractivity contribution in [1.82, 2.24) is 4.98 Å². The zero-order chi connectivity index (χ0) is 14.8. The van der Waals surface area contributed by atoms with E-state index in [4.69, 9.17) is 4.74 Å². The number of aromatic nitrogens is 1. The van der Waals surface area contributed by atoms with Gasteiger partial charge in [-0.05, 0) is 12.2 Å². The van der Waals surface area contributed by atoms with E-state index in [2.05, 4.69) is 11.9 Å². The van der Waals surface area contributed by atoms with E-state index < -0.39 is 4.92 Å². The molecule has 1 aromatic heterocycles. The molecule has 0 fully saturated rings. The summed E-state index contributed by atoms with van der Waals surface area (Å²) in [6.07, 6.45) is 7.28. The van der Waals surface area contributed by atoms with E-state index in [0.29, 0.717) is 10.9 Å². The van der Waals surface area contributed by atoms with Crippen LogP contribution >= 0.6 is 11.8 Å². The van der Waals surface area contributed by atoms with Crippen LogP contribution in [0.25, 0.3) is 0 Å². The summed E-state index contributed by atoms with van der Waals surface area (Å²) in [4.78, 5) is 14.7. The van der Waals surface area contributed by atoms with Crippen molar-refractivity contribution in [3.63, 3.8) is 0 Å². The van der Waals surface area contributed by atoms with E-state index in [1.807, 2.05) is 0 Å². The SMILES string of the molecule is CCCCCCCCSc1nc(OC)ccc1[N+](=O)[O-]. The molecule has 112 valence electrons. The van der Waals surface area contributed by atoms with Crippen LogP contribution in [0.15, 0.2) is 17.2 Å². The van der Waals surface area contributed by atoms with Gasteiger partial charge in [0.2, 0.25) is 5.88 Å². The summed E-state index contributed by atoms with van der Waals surface area (Å²) in [5.41, 5.74) is 0.0572.